The fourth-order valence-corrected chi connectivity index (χ4v) is 1.26. The highest BCUT2D eigenvalue weighted by atomic mass is 16.7. The zero-order valence-electron chi connectivity index (χ0n) is 10.2. The van der Waals surface area contributed by atoms with Gasteiger partial charge in [-0.05, 0) is 12.8 Å². The summed E-state index contributed by atoms with van der Waals surface area (Å²) < 4.78 is 14.5. The molecule has 16 heavy (non-hydrogen) atoms. The van der Waals surface area contributed by atoms with Crippen LogP contribution in [0.5, 0.6) is 0 Å². The zero-order chi connectivity index (χ0) is 12.2. The van der Waals surface area contributed by atoms with Crippen LogP contribution >= 0.6 is 0 Å². The molecule has 0 aliphatic carbocycles. The highest BCUT2D eigenvalue weighted by Crippen LogP contribution is 2.09. The van der Waals surface area contributed by atoms with Crippen LogP contribution in [0, 0.1) is 0 Å². The van der Waals surface area contributed by atoms with E-state index in [0.717, 1.165) is 19.4 Å². The molecule has 0 aromatic carbocycles. The molecule has 0 spiro atoms. The van der Waals surface area contributed by atoms with E-state index in [2.05, 4.69) is 0 Å². The average Bonchev–Trinajstić information content (AvgIpc) is 2.86. The van der Waals surface area contributed by atoms with Crippen molar-refractivity contribution in [3.8, 4) is 0 Å². The molecule has 98 valence electrons. The Hall–Kier alpha value is -0.200. The van der Waals surface area contributed by atoms with Gasteiger partial charge in [0.05, 0.1) is 25.9 Å². The summed E-state index contributed by atoms with van der Waals surface area (Å²) in [5.41, 5.74) is 0. The average molecular weight is 236 g/mol. The van der Waals surface area contributed by atoms with Gasteiger partial charge in [-0.2, -0.15) is 0 Å². The van der Waals surface area contributed by atoms with Crippen LogP contribution in [0.4, 0.5) is 0 Å². The second kappa shape index (κ2) is 11.3. The maximum absolute atomic E-state index is 8.66. The molecule has 5 heteroatoms. The second-order valence-corrected chi connectivity index (χ2v) is 3.33. The maximum atomic E-state index is 8.66. The van der Waals surface area contributed by atoms with E-state index >= 15 is 0 Å². The summed E-state index contributed by atoms with van der Waals surface area (Å²) in [5.74, 6) is 0. The first-order valence-electron chi connectivity index (χ1n) is 5.89. The molecule has 0 saturated carbocycles. The van der Waals surface area contributed by atoms with Gasteiger partial charge in [-0.3, -0.25) is 0 Å². The van der Waals surface area contributed by atoms with Crippen LogP contribution in [0.3, 0.4) is 0 Å². The van der Waals surface area contributed by atoms with Gasteiger partial charge >= 0.3 is 0 Å². The Kier molecular flexibility index (Phi) is 11.1. The van der Waals surface area contributed by atoms with Crippen molar-refractivity contribution in [3.63, 3.8) is 0 Å². The summed E-state index contributed by atoms with van der Waals surface area (Å²) in [6.45, 7) is 6.20. The molecule has 2 rings (SSSR count). The Balaban J connectivity index is 0.000000244. The molecule has 2 aliphatic rings. The van der Waals surface area contributed by atoms with Gasteiger partial charge in [-0.15, -0.1) is 0 Å². The normalized spacial score (nSPS) is 25.1. The molecule has 2 aliphatic heterocycles. The van der Waals surface area contributed by atoms with Crippen LogP contribution in [0.25, 0.3) is 0 Å². The Morgan fingerprint density at radius 3 is 2.06 bits per heavy atom. The van der Waals surface area contributed by atoms with Gasteiger partial charge in [-0.25, -0.2) is 0 Å². The Bertz CT molecular complexity index is 130. The minimum absolute atomic E-state index is 0.153. The number of rotatable bonds is 1. The molecule has 1 unspecified atom stereocenters. The van der Waals surface area contributed by atoms with Crippen molar-refractivity contribution in [2.45, 2.75) is 38.9 Å². The van der Waals surface area contributed by atoms with Crippen molar-refractivity contribution in [2.75, 3.05) is 33.2 Å². The molecule has 5 nitrogen and oxygen atoms in total. The van der Waals surface area contributed by atoms with Gasteiger partial charge < -0.3 is 24.4 Å². The molecule has 2 saturated heterocycles. The van der Waals surface area contributed by atoms with Crippen molar-refractivity contribution in [1.82, 2.24) is 0 Å². The van der Waals surface area contributed by atoms with Crippen molar-refractivity contribution < 1.29 is 24.4 Å². The number of ether oxygens (including phenoxy) is 3. The van der Waals surface area contributed by atoms with Crippen molar-refractivity contribution in [1.29, 1.82) is 0 Å². The molecule has 0 aromatic heterocycles. The van der Waals surface area contributed by atoms with Crippen molar-refractivity contribution in [3.05, 3.63) is 0 Å². The Morgan fingerprint density at radius 2 is 1.81 bits per heavy atom. The summed E-state index contributed by atoms with van der Waals surface area (Å²) in [7, 11) is 0. The Morgan fingerprint density at radius 1 is 1.19 bits per heavy atom. The summed E-state index contributed by atoms with van der Waals surface area (Å²) in [6.07, 6.45) is 1.90. The molecule has 0 radical (unpaired) electrons. The number of aliphatic hydroxyl groups is 2. The third-order valence-electron chi connectivity index (χ3n) is 2.01. The van der Waals surface area contributed by atoms with E-state index < -0.39 is 6.10 Å². The first-order chi connectivity index (χ1) is 7.83. The summed E-state index contributed by atoms with van der Waals surface area (Å²) in [6, 6.07) is 0. The standard InChI is InChI=1S/C5H10O2.C4H8O3.C2H6/c6-4-5-2-1-3-7-5;5-4-1-6-3-7-2-4;1-2/h5-6H,1-4H2;4-5H,1-3H2;1-2H3. The fraction of sp³-hybridized carbons (Fsp3) is 1.00. The molecular weight excluding hydrogens is 212 g/mol. The number of hydrogen-bond acceptors (Lipinski definition) is 5. The molecule has 0 aromatic rings. The quantitative estimate of drug-likeness (QED) is 0.695. The first-order valence-corrected chi connectivity index (χ1v) is 5.89. The van der Waals surface area contributed by atoms with E-state index in [-0.39, 0.29) is 12.7 Å². The molecule has 2 N–H and O–H groups in total. The van der Waals surface area contributed by atoms with Crippen molar-refractivity contribution in [2.24, 2.45) is 0 Å². The van der Waals surface area contributed by atoms with Gasteiger partial charge in [0.25, 0.3) is 0 Å². The lowest BCUT2D eigenvalue weighted by molar-refractivity contribution is -0.150. The zero-order valence-corrected chi connectivity index (χ0v) is 10.2. The molecule has 2 heterocycles. The molecule has 0 bridgehead atoms. The van der Waals surface area contributed by atoms with E-state index in [0.29, 0.717) is 20.0 Å². The molecule has 0 amide bonds. The third-order valence-corrected chi connectivity index (χ3v) is 2.01. The topological polar surface area (TPSA) is 68.2 Å². The van der Waals surface area contributed by atoms with E-state index in [1.807, 2.05) is 13.8 Å². The smallest absolute Gasteiger partial charge is 0.146 e. The SMILES string of the molecule is CC.OC1COCOC1.OCC1CCCO1. The highest BCUT2D eigenvalue weighted by Gasteiger charge is 2.12. The summed E-state index contributed by atoms with van der Waals surface area (Å²) in [4.78, 5) is 0. The fourth-order valence-electron chi connectivity index (χ4n) is 1.26. The van der Waals surface area contributed by atoms with Gasteiger partial charge in [0.1, 0.15) is 12.9 Å². The summed E-state index contributed by atoms with van der Waals surface area (Å²) >= 11 is 0. The molecule has 1 atom stereocenters. The van der Waals surface area contributed by atoms with E-state index in [4.69, 9.17) is 24.4 Å². The van der Waals surface area contributed by atoms with E-state index in [1.54, 1.807) is 0 Å². The van der Waals surface area contributed by atoms with Gasteiger partial charge in [-0.1, -0.05) is 13.8 Å². The minimum atomic E-state index is -0.409. The first kappa shape index (κ1) is 15.8. The highest BCUT2D eigenvalue weighted by molar-refractivity contribution is 4.61. The van der Waals surface area contributed by atoms with Gasteiger partial charge in [0, 0.05) is 6.61 Å². The predicted octanol–water partition coefficient (Wildman–Crippen LogP) is 0.535. The second-order valence-electron chi connectivity index (χ2n) is 3.33. The van der Waals surface area contributed by atoms with E-state index in [1.165, 1.54) is 0 Å². The lowest BCUT2D eigenvalue weighted by atomic mass is 10.2. The summed E-state index contributed by atoms with van der Waals surface area (Å²) in [5, 5.41) is 17.1. The lowest BCUT2D eigenvalue weighted by Crippen LogP contribution is -2.28. The molecule has 2 fully saturated rings. The van der Waals surface area contributed by atoms with Crippen LogP contribution in [0.15, 0.2) is 0 Å². The van der Waals surface area contributed by atoms with E-state index in [9.17, 15) is 0 Å². The van der Waals surface area contributed by atoms with Crippen LogP contribution in [0.2, 0.25) is 0 Å². The maximum Gasteiger partial charge on any atom is 0.146 e. The van der Waals surface area contributed by atoms with Crippen LogP contribution in [-0.4, -0.2) is 55.6 Å². The number of hydrogen-bond donors (Lipinski definition) is 2. The molecular formula is C11H24O5. The Labute approximate surface area is 97.3 Å². The number of aliphatic hydroxyl groups excluding tert-OH is 2. The minimum Gasteiger partial charge on any atom is -0.394 e. The van der Waals surface area contributed by atoms with Crippen LogP contribution in [0.1, 0.15) is 26.7 Å². The largest absolute Gasteiger partial charge is 0.394 e. The van der Waals surface area contributed by atoms with Crippen LogP contribution < -0.4 is 0 Å². The van der Waals surface area contributed by atoms with Crippen molar-refractivity contribution >= 4 is 0 Å². The monoisotopic (exact) mass is 236 g/mol. The van der Waals surface area contributed by atoms with Gasteiger partial charge in [0.15, 0.2) is 0 Å². The predicted molar refractivity (Wildman–Crippen MR) is 60.2 cm³/mol. The van der Waals surface area contributed by atoms with Gasteiger partial charge in [0.2, 0.25) is 0 Å². The third kappa shape index (κ3) is 8.01. The lowest BCUT2D eigenvalue weighted by Gasteiger charge is -2.16. The van der Waals surface area contributed by atoms with Crippen LogP contribution in [-0.2, 0) is 14.2 Å².